The molecule has 1 unspecified atom stereocenters. The highest BCUT2D eigenvalue weighted by atomic mass is 16.4. The lowest BCUT2D eigenvalue weighted by Crippen LogP contribution is -2.32. The molecule has 20 heavy (non-hydrogen) atoms. The number of nitrogens with zero attached hydrogens (tertiary/aromatic N) is 1. The highest BCUT2D eigenvalue weighted by Gasteiger charge is 2.17. The third-order valence-corrected chi connectivity index (χ3v) is 3.36. The molecule has 1 aromatic carbocycles. The van der Waals surface area contributed by atoms with Gasteiger partial charge in [0.2, 0.25) is 0 Å². The van der Waals surface area contributed by atoms with Gasteiger partial charge >= 0.3 is 5.97 Å². The molecular weight excluding hydrogens is 250 g/mol. The molecule has 0 radical (unpaired) electrons. The largest absolute Gasteiger partial charge is 0.480 e. The summed E-state index contributed by atoms with van der Waals surface area (Å²) in [6.45, 7) is 10.7. The van der Waals surface area contributed by atoms with Gasteiger partial charge < -0.3 is 5.11 Å². The first kappa shape index (κ1) is 16.4. The second kappa shape index (κ2) is 7.85. The van der Waals surface area contributed by atoms with E-state index >= 15 is 0 Å². The molecular formula is C17H25NO2. The maximum Gasteiger partial charge on any atom is 0.317 e. The van der Waals surface area contributed by atoms with E-state index in [0.29, 0.717) is 12.5 Å². The Bertz CT molecular complexity index is 437. The van der Waals surface area contributed by atoms with Crippen LogP contribution in [0, 0.1) is 5.92 Å². The number of aliphatic carboxylic acids is 1. The van der Waals surface area contributed by atoms with Crippen molar-refractivity contribution in [2.24, 2.45) is 5.92 Å². The van der Waals surface area contributed by atoms with Crippen molar-refractivity contribution < 1.29 is 9.90 Å². The summed E-state index contributed by atoms with van der Waals surface area (Å²) in [6.07, 6.45) is 2.81. The van der Waals surface area contributed by atoms with Crippen molar-refractivity contribution in [3.8, 4) is 0 Å². The Kier molecular flexibility index (Phi) is 6.46. The van der Waals surface area contributed by atoms with Crippen molar-refractivity contribution in [3.63, 3.8) is 0 Å². The zero-order valence-electron chi connectivity index (χ0n) is 12.7. The Balaban J connectivity index is 2.80. The van der Waals surface area contributed by atoms with Crippen LogP contribution in [0.1, 0.15) is 37.9 Å². The highest BCUT2D eigenvalue weighted by Crippen LogP contribution is 2.21. The van der Waals surface area contributed by atoms with Crippen LogP contribution in [0.15, 0.2) is 36.9 Å². The molecule has 0 aromatic heterocycles. The summed E-state index contributed by atoms with van der Waals surface area (Å²) in [5, 5.41) is 8.97. The molecule has 0 aliphatic rings. The number of carboxylic acids is 1. The minimum atomic E-state index is -0.810. The molecule has 0 aliphatic carbocycles. The van der Waals surface area contributed by atoms with Gasteiger partial charge in [-0.05, 0) is 30.4 Å². The van der Waals surface area contributed by atoms with Crippen LogP contribution < -0.4 is 0 Å². The number of carbonyl (C=O) groups is 1. The van der Waals surface area contributed by atoms with Crippen LogP contribution in [-0.4, -0.2) is 29.1 Å². The molecule has 1 rings (SSSR count). The fraction of sp³-hybridized carbons (Fsp3) is 0.471. The monoisotopic (exact) mass is 275 g/mol. The van der Waals surface area contributed by atoms with Crippen molar-refractivity contribution in [2.75, 3.05) is 13.1 Å². The molecule has 1 atom stereocenters. The van der Waals surface area contributed by atoms with Crippen molar-refractivity contribution in [2.45, 2.75) is 33.2 Å². The van der Waals surface area contributed by atoms with E-state index in [1.807, 2.05) is 11.8 Å². The third kappa shape index (κ3) is 5.17. The molecule has 1 aromatic rings. The molecule has 3 heteroatoms. The van der Waals surface area contributed by atoms with E-state index in [-0.39, 0.29) is 12.6 Å². The Morgan fingerprint density at radius 1 is 1.30 bits per heavy atom. The van der Waals surface area contributed by atoms with Crippen LogP contribution in [0.3, 0.4) is 0 Å². The van der Waals surface area contributed by atoms with E-state index in [1.165, 1.54) is 5.56 Å². The van der Waals surface area contributed by atoms with E-state index in [9.17, 15) is 4.79 Å². The number of hydrogen-bond donors (Lipinski definition) is 1. The molecule has 1 N–H and O–H groups in total. The lowest BCUT2D eigenvalue weighted by Gasteiger charge is -2.26. The summed E-state index contributed by atoms with van der Waals surface area (Å²) in [4.78, 5) is 12.8. The zero-order valence-corrected chi connectivity index (χ0v) is 12.7. The maximum absolute atomic E-state index is 10.9. The molecule has 0 amide bonds. The molecule has 0 fully saturated rings. The lowest BCUT2D eigenvalue weighted by molar-refractivity contribution is -0.138. The van der Waals surface area contributed by atoms with Gasteiger partial charge in [-0.3, -0.25) is 9.69 Å². The van der Waals surface area contributed by atoms with Gasteiger partial charge in [-0.1, -0.05) is 44.2 Å². The van der Waals surface area contributed by atoms with Gasteiger partial charge in [0.05, 0.1) is 6.54 Å². The van der Waals surface area contributed by atoms with Crippen LogP contribution in [0.25, 0.3) is 0 Å². The average molecular weight is 275 g/mol. The molecule has 110 valence electrons. The van der Waals surface area contributed by atoms with Gasteiger partial charge in [0.1, 0.15) is 0 Å². The normalized spacial score (nSPS) is 12.7. The van der Waals surface area contributed by atoms with Gasteiger partial charge in [0.25, 0.3) is 0 Å². The van der Waals surface area contributed by atoms with E-state index in [1.54, 1.807) is 6.08 Å². The maximum atomic E-state index is 10.9. The van der Waals surface area contributed by atoms with Gasteiger partial charge in [-0.15, -0.1) is 6.58 Å². The lowest BCUT2D eigenvalue weighted by atomic mass is 9.99. The highest BCUT2D eigenvalue weighted by molar-refractivity contribution is 5.69. The predicted molar refractivity (Wildman–Crippen MR) is 82.8 cm³/mol. The zero-order chi connectivity index (χ0) is 15.1. The van der Waals surface area contributed by atoms with Gasteiger partial charge in [-0.25, -0.2) is 0 Å². The van der Waals surface area contributed by atoms with Gasteiger partial charge in [0.15, 0.2) is 0 Å². The van der Waals surface area contributed by atoms with Crippen LogP contribution >= 0.6 is 0 Å². The molecule has 3 nitrogen and oxygen atoms in total. The topological polar surface area (TPSA) is 40.5 Å². The number of benzene rings is 1. The third-order valence-electron chi connectivity index (χ3n) is 3.36. The molecule has 0 saturated carbocycles. The van der Waals surface area contributed by atoms with Gasteiger partial charge in [0, 0.05) is 12.6 Å². The fourth-order valence-corrected chi connectivity index (χ4v) is 2.31. The summed E-state index contributed by atoms with van der Waals surface area (Å²) in [5.41, 5.74) is 2.46. The second-order valence-electron chi connectivity index (χ2n) is 5.63. The van der Waals surface area contributed by atoms with Gasteiger partial charge in [-0.2, -0.15) is 0 Å². The molecule has 0 heterocycles. The number of hydrogen-bond acceptors (Lipinski definition) is 2. The van der Waals surface area contributed by atoms with Crippen molar-refractivity contribution >= 4 is 5.97 Å². The SMILES string of the molecule is C=CCN(CC(=O)O)C(C)c1ccc(CC(C)C)cc1. The summed E-state index contributed by atoms with van der Waals surface area (Å²) >= 11 is 0. The van der Waals surface area contributed by atoms with E-state index in [4.69, 9.17) is 5.11 Å². The summed E-state index contributed by atoms with van der Waals surface area (Å²) in [7, 11) is 0. The van der Waals surface area contributed by atoms with Crippen LogP contribution in [0.2, 0.25) is 0 Å². The Labute approximate surface area is 121 Å². The molecule has 0 spiro atoms. The van der Waals surface area contributed by atoms with Crippen molar-refractivity contribution in [3.05, 3.63) is 48.0 Å². The summed E-state index contributed by atoms with van der Waals surface area (Å²) in [5.74, 6) is -0.169. The van der Waals surface area contributed by atoms with Crippen molar-refractivity contribution in [1.82, 2.24) is 4.90 Å². The first-order valence-corrected chi connectivity index (χ1v) is 7.09. The van der Waals surface area contributed by atoms with E-state index in [2.05, 4.69) is 44.7 Å². The minimum absolute atomic E-state index is 0.0287. The predicted octanol–water partition coefficient (Wildman–Crippen LogP) is 3.52. The molecule has 0 saturated heterocycles. The quantitative estimate of drug-likeness (QED) is 0.738. The second-order valence-corrected chi connectivity index (χ2v) is 5.63. The fourth-order valence-electron chi connectivity index (χ4n) is 2.31. The first-order valence-electron chi connectivity index (χ1n) is 7.09. The van der Waals surface area contributed by atoms with Crippen molar-refractivity contribution in [1.29, 1.82) is 0 Å². The van der Waals surface area contributed by atoms with Crippen LogP contribution in [0.5, 0.6) is 0 Å². The Morgan fingerprint density at radius 3 is 2.35 bits per heavy atom. The smallest absolute Gasteiger partial charge is 0.317 e. The Hall–Kier alpha value is -1.61. The van der Waals surface area contributed by atoms with E-state index in [0.717, 1.165) is 12.0 Å². The summed E-state index contributed by atoms with van der Waals surface area (Å²) in [6, 6.07) is 8.54. The molecule has 0 bridgehead atoms. The average Bonchev–Trinajstić information content (AvgIpc) is 2.37. The first-order chi connectivity index (χ1) is 9.43. The standard InChI is InChI=1S/C17H25NO2/c1-5-10-18(12-17(19)20)14(4)16-8-6-15(7-9-16)11-13(2)3/h5-9,13-14H,1,10-12H2,2-4H3,(H,19,20). The Morgan fingerprint density at radius 2 is 1.90 bits per heavy atom. The number of rotatable bonds is 8. The minimum Gasteiger partial charge on any atom is -0.480 e. The van der Waals surface area contributed by atoms with Crippen LogP contribution in [-0.2, 0) is 11.2 Å². The van der Waals surface area contributed by atoms with E-state index < -0.39 is 5.97 Å². The summed E-state index contributed by atoms with van der Waals surface area (Å²) < 4.78 is 0. The van der Waals surface area contributed by atoms with Crippen LogP contribution in [0.4, 0.5) is 0 Å². The number of carboxylic acid groups (broad SMARTS) is 1. The molecule has 0 aliphatic heterocycles.